The van der Waals surface area contributed by atoms with Crippen molar-refractivity contribution < 1.29 is 14.3 Å². The Morgan fingerprint density at radius 1 is 1.15 bits per heavy atom. The molecule has 1 aliphatic heterocycles. The van der Waals surface area contributed by atoms with E-state index < -0.39 is 0 Å². The normalized spacial score (nSPS) is 14.1. The maximum absolute atomic E-state index is 11.4. The number of rotatable bonds is 4. The highest BCUT2D eigenvalue weighted by atomic mass is 16.7. The molecule has 20 heavy (non-hydrogen) atoms. The van der Waals surface area contributed by atoms with Gasteiger partial charge >= 0.3 is 0 Å². The second-order valence-corrected chi connectivity index (χ2v) is 4.99. The predicted octanol–water partition coefficient (Wildman–Crippen LogP) is 3.25. The summed E-state index contributed by atoms with van der Waals surface area (Å²) < 4.78 is 10.7. The molecule has 1 atom stereocenters. The van der Waals surface area contributed by atoms with Gasteiger partial charge in [-0.2, -0.15) is 0 Å². The Labute approximate surface area is 118 Å². The molecule has 0 radical (unpaired) electrons. The van der Waals surface area contributed by atoms with Crippen LogP contribution in [0.3, 0.4) is 0 Å². The predicted molar refractivity (Wildman–Crippen MR) is 76.3 cm³/mol. The summed E-state index contributed by atoms with van der Waals surface area (Å²) in [6.07, 6.45) is 1.71. The van der Waals surface area contributed by atoms with Gasteiger partial charge in [0.25, 0.3) is 0 Å². The molecule has 1 aliphatic rings. The molecule has 2 aromatic rings. The van der Waals surface area contributed by atoms with Gasteiger partial charge in [0.15, 0.2) is 11.5 Å². The van der Waals surface area contributed by atoms with Crippen LogP contribution in [0.5, 0.6) is 11.5 Å². The lowest BCUT2D eigenvalue weighted by Crippen LogP contribution is -2.05. The van der Waals surface area contributed by atoms with Crippen molar-refractivity contribution in [3.8, 4) is 11.5 Å². The third-order valence-electron chi connectivity index (χ3n) is 3.69. The lowest BCUT2D eigenvalue weighted by atomic mass is 9.91. The van der Waals surface area contributed by atoms with Crippen molar-refractivity contribution >= 4 is 6.29 Å². The van der Waals surface area contributed by atoms with E-state index in [0.29, 0.717) is 6.42 Å². The smallest absolute Gasteiger partial charge is 0.231 e. The van der Waals surface area contributed by atoms with Gasteiger partial charge in [0.2, 0.25) is 6.79 Å². The molecule has 0 saturated carbocycles. The topological polar surface area (TPSA) is 35.5 Å². The first-order valence-electron chi connectivity index (χ1n) is 6.67. The molecule has 0 aromatic heterocycles. The van der Waals surface area contributed by atoms with Gasteiger partial charge in [0.05, 0.1) is 0 Å². The first kappa shape index (κ1) is 12.7. The van der Waals surface area contributed by atoms with E-state index >= 15 is 0 Å². The standard InChI is InChI=1S/C17H16O3/c1-12-4-2-3-5-13(12)8-15(10-18)14-6-7-16-17(9-14)20-11-19-16/h2-7,9-10,15H,8,11H2,1H3. The molecule has 3 heteroatoms. The maximum atomic E-state index is 11.4. The summed E-state index contributed by atoms with van der Waals surface area (Å²) in [5, 5.41) is 0. The number of hydrogen-bond donors (Lipinski definition) is 0. The number of aryl methyl sites for hydroxylation is 1. The molecule has 102 valence electrons. The molecule has 2 aromatic carbocycles. The summed E-state index contributed by atoms with van der Waals surface area (Å²) in [6.45, 7) is 2.32. The Hall–Kier alpha value is -2.29. The lowest BCUT2D eigenvalue weighted by molar-refractivity contribution is -0.109. The van der Waals surface area contributed by atoms with Crippen LogP contribution in [0.4, 0.5) is 0 Å². The van der Waals surface area contributed by atoms with E-state index in [0.717, 1.165) is 23.3 Å². The van der Waals surface area contributed by atoms with Crippen molar-refractivity contribution in [2.45, 2.75) is 19.3 Å². The van der Waals surface area contributed by atoms with Crippen molar-refractivity contribution in [2.24, 2.45) is 0 Å². The number of carbonyl (C=O) groups is 1. The van der Waals surface area contributed by atoms with Crippen LogP contribution < -0.4 is 9.47 Å². The second-order valence-electron chi connectivity index (χ2n) is 4.99. The fraction of sp³-hybridized carbons (Fsp3) is 0.235. The van der Waals surface area contributed by atoms with E-state index in [4.69, 9.17) is 9.47 Å². The fourth-order valence-corrected chi connectivity index (χ4v) is 2.46. The van der Waals surface area contributed by atoms with Gasteiger partial charge in [-0.1, -0.05) is 30.3 Å². The molecule has 1 heterocycles. The van der Waals surface area contributed by atoms with Crippen molar-refractivity contribution in [2.75, 3.05) is 6.79 Å². The van der Waals surface area contributed by atoms with Crippen LogP contribution in [0.15, 0.2) is 42.5 Å². The zero-order chi connectivity index (χ0) is 13.9. The molecular weight excluding hydrogens is 252 g/mol. The highest BCUT2D eigenvalue weighted by molar-refractivity contribution is 5.64. The molecule has 1 unspecified atom stereocenters. The summed E-state index contributed by atoms with van der Waals surface area (Å²) in [4.78, 5) is 11.4. The Kier molecular flexibility index (Phi) is 3.42. The lowest BCUT2D eigenvalue weighted by Gasteiger charge is -2.13. The minimum atomic E-state index is -0.161. The van der Waals surface area contributed by atoms with E-state index in [2.05, 4.69) is 19.1 Å². The molecule has 0 aliphatic carbocycles. The first-order valence-corrected chi connectivity index (χ1v) is 6.67. The van der Waals surface area contributed by atoms with Crippen molar-refractivity contribution in [1.82, 2.24) is 0 Å². The summed E-state index contributed by atoms with van der Waals surface area (Å²) in [6, 6.07) is 13.9. The molecule has 0 bridgehead atoms. The van der Waals surface area contributed by atoms with E-state index in [-0.39, 0.29) is 12.7 Å². The highest BCUT2D eigenvalue weighted by Crippen LogP contribution is 2.35. The Balaban J connectivity index is 1.87. The Morgan fingerprint density at radius 3 is 2.75 bits per heavy atom. The fourth-order valence-electron chi connectivity index (χ4n) is 2.46. The highest BCUT2D eigenvalue weighted by Gasteiger charge is 2.18. The van der Waals surface area contributed by atoms with Crippen LogP contribution in [0.2, 0.25) is 0 Å². The van der Waals surface area contributed by atoms with Crippen LogP contribution in [-0.2, 0) is 11.2 Å². The van der Waals surface area contributed by atoms with Gasteiger partial charge in [0.1, 0.15) is 6.29 Å². The summed E-state index contributed by atoms with van der Waals surface area (Å²) >= 11 is 0. The summed E-state index contributed by atoms with van der Waals surface area (Å²) in [5.41, 5.74) is 3.37. The zero-order valence-electron chi connectivity index (χ0n) is 11.3. The minimum Gasteiger partial charge on any atom is -0.454 e. The van der Waals surface area contributed by atoms with Crippen molar-refractivity contribution in [3.05, 3.63) is 59.2 Å². The third-order valence-corrected chi connectivity index (χ3v) is 3.69. The van der Waals surface area contributed by atoms with Gasteiger partial charge in [-0.25, -0.2) is 0 Å². The zero-order valence-corrected chi connectivity index (χ0v) is 11.3. The molecule has 3 nitrogen and oxygen atoms in total. The van der Waals surface area contributed by atoms with Crippen molar-refractivity contribution in [3.63, 3.8) is 0 Å². The second kappa shape index (κ2) is 5.37. The molecule has 0 amide bonds. The number of ether oxygens (including phenoxy) is 2. The quantitative estimate of drug-likeness (QED) is 0.798. The van der Waals surface area contributed by atoms with Crippen LogP contribution in [-0.4, -0.2) is 13.1 Å². The number of benzene rings is 2. The number of fused-ring (bicyclic) bond motifs is 1. The van der Waals surface area contributed by atoms with Crippen LogP contribution in [0.1, 0.15) is 22.6 Å². The Morgan fingerprint density at radius 2 is 1.95 bits per heavy atom. The molecule has 0 fully saturated rings. The number of carbonyl (C=O) groups excluding carboxylic acids is 1. The van der Waals surface area contributed by atoms with Crippen LogP contribution >= 0.6 is 0 Å². The average Bonchev–Trinajstić information content (AvgIpc) is 2.94. The Bertz CT molecular complexity index is 634. The summed E-state index contributed by atoms with van der Waals surface area (Å²) in [5.74, 6) is 1.30. The maximum Gasteiger partial charge on any atom is 0.231 e. The third kappa shape index (κ3) is 2.39. The molecular formula is C17H16O3. The molecule has 0 spiro atoms. The van der Waals surface area contributed by atoms with E-state index in [1.54, 1.807) is 0 Å². The van der Waals surface area contributed by atoms with E-state index in [9.17, 15) is 4.79 Å². The molecule has 0 N–H and O–H groups in total. The largest absolute Gasteiger partial charge is 0.454 e. The number of aldehydes is 1. The molecule has 0 saturated heterocycles. The SMILES string of the molecule is Cc1ccccc1CC(C=O)c1ccc2c(c1)OCO2. The molecule has 3 rings (SSSR count). The summed E-state index contributed by atoms with van der Waals surface area (Å²) in [7, 11) is 0. The van der Waals surface area contributed by atoms with Gasteiger partial charge in [-0.15, -0.1) is 0 Å². The average molecular weight is 268 g/mol. The minimum absolute atomic E-state index is 0.161. The van der Waals surface area contributed by atoms with Gasteiger partial charge in [-0.3, -0.25) is 0 Å². The van der Waals surface area contributed by atoms with E-state index in [1.165, 1.54) is 11.1 Å². The van der Waals surface area contributed by atoms with Crippen molar-refractivity contribution in [1.29, 1.82) is 0 Å². The van der Waals surface area contributed by atoms with Gasteiger partial charge in [0, 0.05) is 5.92 Å². The van der Waals surface area contributed by atoms with Gasteiger partial charge < -0.3 is 14.3 Å². The van der Waals surface area contributed by atoms with Gasteiger partial charge in [-0.05, 0) is 42.2 Å². The monoisotopic (exact) mass is 268 g/mol. The first-order chi connectivity index (χ1) is 9.78. The number of hydrogen-bond acceptors (Lipinski definition) is 3. The van der Waals surface area contributed by atoms with Crippen LogP contribution in [0.25, 0.3) is 0 Å². The van der Waals surface area contributed by atoms with Crippen LogP contribution in [0, 0.1) is 6.92 Å². The van der Waals surface area contributed by atoms with E-state index in [1.807, 2.05) is 30.3 Å².